The lowest BCUT2D eigenvalue weighted by Gasteiger charge is -2.28. The molecule has 4 bridgehead atoms. The Hall–Kier alpha value is -4.93. The quantitative estimate of drug-likeness (QED) is 0.277. The molecular weight excluding hydrogens is 486 g/mol. The van der Waals surface area contributed by atoms with Gasteiger partial charge in [-0.05, 0) is 54.2 Å². The second-order valence-electron chi connectivity index (χ2n) is 9.83. The van der Waals surface area contributed by atoms with Gasteiger partial charge in [0.1, 0.15) is 11.5 Å². The van der Waals surface area contributed by atoms with Crippen LogP contribution in [0.25, 0.3) is 15.6 Å². The Morgan fingerprint density at radius 3 is 2.74 bits per heavy atom. The fourth-order valence-electron chi connectivity index (χ4n) is 5.07. The van der Waals surface area contributed by atoms with E-state index in [0.717, 1.165) is 27.6 Å². The molecule has 1 atom stereocenters. The number of imidazole rings is 1. The number of carbonyl (C=O) groups excluding carboxylic acids is 1. The largest absolute Gasteiger partial charge is 0.468 e. The first-order valence-corrected chi connectivity index (χ1v) is 12.8. The molecule has 2 heterocycles. The third-order valence-electron chi connectivity index (χ3n) is 7.15. The summed E-state index contributed by atoms with van der Waals surface area (Å²) in [6.45, 7) is 8.73. The normalized spacial score (nSPS) is 15.8. The van der Waals surface area contributed by atoms with Crippen molar-refractivity contribution in [3.05, 3.63) is 126 Å². The average molecular weight is 514 g/mol. The number of rotatable bonds is 2. The van der Waals surface area contributed by atoms with E-state index in [1.54, 1.807) is 12.4 Å². The third-order valence-corrected chi connectivity index (χ3v) is 7.15. The predicted molar refractivity (Wildman–Crippen MR) is 152 cm³/mol. The van der Waals surface area contributed by atoms with Crippen molar-refractivity contribution in [2.24, 2.45) is 0 Å². The average Bonchev–Trinajstić information content (AvgIpc) is 3.38. The highest BCUT2D eigenvalue weighted by Crippen LogP contribution is 2.36. The molecule has 39 heavy (non-hydrogen) atoms. The van der Waals surface area contributed by atoms with Crippen LogP contribution in [0.5, 0.6) is 11.5 Å². The lowest BCUT2D eigenvalue weighted by molar-refractivity contribution is -0.121. The molecule has 1 aliphatic rings. The molecule has 1 amide bonds. The number of anilines is 1. The van der Waals surface area contributed by atoms with E-state index in [4.69, 9.17) is 11.3 Å². The Kier molecular flexibility index (Phi) is 6.54. The van der Waals surface area contributed by atoms with Crippen molar-refractivity contribution in [2.75, 3.05) is 12.4 Å². The Balaban J connectivity index is 1.47. The number of hydrogen-bond donors (Lipinski definition) is 1. The number of hydrogen-bond acceptors (Lipinski definition) is 4. The molecule has 192 valence electrons. The molecule has 0 saturated heterocycles. The van der Waals surface area contributed by atoms with Gasteiger partial charge in [0.15, 0.2) is 0 Å². The predicted octanol–water partition coefficient (Wildman–Crippen LogP) is 6.42. The van der Waals surface area contributed by atoms with Crippen LogP contribution in [0, 0.1) is 6.57 Å². The Bertz CT molecular complexity index is 1700. The highest BCUT2D eigenvalue weighted by Gasteiger charge is 2.25. The standard InChI is InChI=1S/C32H27N5O2/c1-33-29-14-11-23-16-31(29)39-26-13-12-24-9-6-10-28(27(24)17-26)35-32(38)30(15-22-7-4-3-5-8-22)36(2)20-25-18-34-21-37(25)19-23/h3-14,16-18,21,30H,15,19-20H2,2H3,(H,35,38)/t30-/m0/s1. The summed E-state index contributed by atoms with van der Waals surface area (Å²) in [7, 11) is 1.98. The maximum absolute atomic E-state index is 13.9. The first kappa shape index (κ1) is 24.4. The van der Waals surface area contributed by atoms with E-state index in [1.165, 1.54) is 0 Å². The van der Waals surface area contributed by atoms with Gasteiger partial charge in [-0.1, -0.05) is 60.7 Å². The van der Waals surface area contributed by atoms with Crippen molar-refractivity contribution in [1.29, 1.82) is 0 Å². The zero-order valence-electron chi connectivity index (χ0n) is 21.5. The van der Waals surface area contributed by atoms with Gasteiger partial charge in [-0.25, -0.2) is 9.83 Å². The van der Waals surface area contributed by atoms with Crippen LogP contribution in [0.3, 0.4) is 0 Å². The van der Waals surface area contributed by atoms with Crippen molar-refractivity contribution in [2.45, 2.75) is 25.6 Å². The lowest BCUT2D eigenvalue weighted by Crippen LogP contribution is -2.43. The number of fused-ring (bicyclic) bond motifs is 4. The number of carbonyl (C=O) groups is 1. The van der Waals surface area contributed by atoms with Crippen molar-refractivity contribution >= 4 is 28.1 Å². The fourth-order valence-corrected chi connectivity index (χ4v) is 5.07. The van der Waals surface area contributed by atoms with E-state index in [-0.39, 0.29) is 5.91 Å². The molecule has 0 unspecified atom stereocenters. The molecule has 0 aliphatic carbocycles. The van der Waals surface area contributed by atoms with Crippen molar-refractivity contribution in [3.63, 3.8) is 0 Å². The van der Waals surface area contributed by atoms with Crippen LogP contribution in [0.2, 0.25) is 0 Å². The first-order valence-electron chi connectivity index (χ1n) is 12.8. The van der Waals surface area contributed by atoms with Gasteiger partial charge in [0, 0.05) is 30.4 Å². The summed E-state index contributed by atoms with van der Waals surface area (Å²) in [4.78, 5) is 24.0. The molecule has 7 heteroatoms. The maximum Gasteiger partial charge on any atom is 0.242 e. The summed E-state index contributed by atoms with van der Waals surface area (Å²) in [5.41, 5.74) is 4.22. The molecule has 6 rings (SSSR count). The van der Waals surface area contributed by atoms with Gasteiger partial charge in [0.05, 0.1) is 24.6 Å². The topological polar surface area (TPSA) is 63.8 Å². The summed E-state index contributed by atoms with van der Waals surface area (Å²) >= 11 is 0. The fraction of sp³-hybridized carbons (Fsp3) is 0.156. The van der Waals surface area contributed by atoms with Gasteiger partial charge < -0.3 is 14.6 Å². The molecule has 0 spiro atoms. The maximum atomic E-state index is 13.9. The van der Waals surface area contributed by atoms with E-state index >= 15 is 0 Å². The summed E-state index contributed by atoms with van der Waals surface area (Å²) in [6, 6.07) is 27.0. The lowest BCUT2D eigenvalue weighted by atomic mass is 10.0. The van der Waals surface area contributed by atoms with Gasteiger partial charge in [0.25, 0.3) is 0 Å². The van der Waals surface area contributed by atoms with Gasteiger partial charge in [-0.2, -0.15) is 0 Å². The minimum Gasteiger partial charge on any atom is -0.468 e. The van der Waals surface area contributed by atoms with Gasteiger partial charge in [-0.15, -0.1) is 0 Å². The highest BCUT2D eigenvalue weighted by molar-refractivity contribution is 6.04. The second kappa shape index (κ2) is 10.4. The van der Waals surface area contributed by atoms with Crippen LogP contribution in [0.4, 0.5) is 11.4 Å². The van der Waals surface area contributed by atoms with Crippen LogP contribution < -0.4 is 10.1 Å². The number of nitrogens with one attached hydrogen (secondary N) is 1. The summed E-state index contributed by atoms with van der Waals surface area (Å²) in [5.74, 6) is 1.01. The van der Waals surface area contributed by atoms with Crippen LogP contribution in [0.15, 0.2) is 97.5 Å². The molecule has 7 nitrogen and oxygen atoms in total. The van der Waals surface area contributed by atoms with Gasteiger partial charge >= 0.3 is 0 Å². The molecule has 0 fully saturated rings. The van der Waals surface area contributed by atoms with Gasteiger partial charge in [-0.3, -0.25) is 9.69 Å². The number of benzene rings is 4. The molecule has 0 saturated carbocycles. The zero-order chi connectivity index (χ0) is 26.8. The summed E-state index contributed by atoms with van der Waals surface area (Å²) < 4.78 is 8.32. The Labute approximate surface area is 227 Å². The molecule has 1 aliphatic heterocycles. The van der Waals surface area contributed by atoms with Gasteiger partial charge in [0.2, 0.25) is 11.6 Å². The van der Waals surface area contributed by atoms with Crippen molar-refractivity contribution < 1.29 is 9.53 Å². The van der Waals surface area contributed by atoms with E-state index < -0.39 is 6.04 Å². The van der Waals surface area contributed by atoms with E-state index in [0.29, 0.717) is 42.4 Å². The van der Waals surface area contributed by atoms with Crippen LogP contribution in [0.1, 0.15) is 16.8 Å². The number of likely N-dealkylation sites (N-methyl/N-ethyl adjacent to an activating group) is 1. The van der Waals surface area contributed by atoms with Crippen LogP contribution >= 0.6 is 0 Å². The number of aromatic nitrogens is 2. The number of ether oxygens (including phenoxy) is 1. The van der Waals surface area contributed by atoms with Crippen LogP contribution in [-0.4, -0.2) is 33.4 Å². The minimum absolute atomic E-state index is 0.0844. The molecule has 5 aromatic rings. The molecule has 4 aromatic carbocycles. The molecule has 1 aromatic heterocycles. The third kappa shape index (κ3) is 5.11. The van der Waals surface area contributed by atoms with Crippen molar-refractivity contribution in [3.8, 4) is 11.5 Å². The van der Waals surface area contributed by atoms with E-state index in [1.807, 2.05) is 80.0 Å². The number of amides is 1. The van der Waals surface area contributed by atoms with Crippen LogP contribution in [-0.2, 0) is 24.3 Å². The zero-order valence-corrected chi connectivity index (χ0v) is 21.5. The molecular formula is C32H27N5O2. The summed E-state index contributed by atoms with van der Waals surface area (Å²) in [5, 5.41) is 5.05. The second-order valence-corrected chi connectivity index (χ2v) is 9.83. The Morgan fingerprint density at radius 2 is 1.90 bits per heavy atom. The van der Waals surface area contributed by atoms with E-state index in [2.05, 4.69) is 36.7 Å². The molecule has 0 radical (unpaired) electrons. The first-order chi connectivity index (χ1) is 19.1. The SMILES string of the molecule is [C-]#[N+]c1ccc2cc1Oc1ccc3cccc(c3c1)NC(=O)[C@H](Cc1ccccc1)N(C)Cc1cncn1C2. The highest BCUT2D eigenvalue weighted by atomic mass is 16.5. The van der Waals surface area contributed by atoms with Crippen molar-refractivity contribution in [1.82, 2.24) is 14.5 Å². The van der Waals surface area contributed by atoms with E-state index in [9.17, 15) is 4.79 Å². The monoisotopic (exact) mass is 513 g/mol. The minimum atomic E-state index is -0.414. The number of nitrogens with zero attached hydrogens (tertiary/aromatic N) is 4. The summed E-state index contributed by atoms with van der Waals surface area (Å²) in [6.07, 6.45) is 4.21. The smallest absolute Gasteiger partial charge is 0.242 e. The Morgan fingerprint density at radius 1 is 1.03 bits per heavy atom. The molecule has 1 N–H and O–H groups in total.